The molecule has 1 aromatic heterocycles. The summed E-state index contributed by atoms with van der Waals surface area (Å²) in [5.41, 5.74) is 2.62. The normalized spacial score (nSPS) is 13.7. The second-order valence-electron chi connectivity index (χ2n) is 5.97. The van der Waals surface area contributed by atoms with Crippen LogP contribution in [0.25, 0.3) is 16.8 Å². The molecular formula is C20H14F3N3. The van der Waals surface area contributed by atoms with Gasteiger partial charge in [-0.1, -0.05) is 6.08 Å². The minimum absolute atomic E-state index is 0.113. The van der Waals surface area contributed by atoms with Crippen LogP contribution in [0.4, 0.5) is 13.2 Å². The van der Waals surface area contributed by atoms with Crippen molar-refractivity contribution in [3.8, 4) is 11.3 Å². The summed E-state index contributed by atoms with van der Waals surface area (Å²) in [4.78, 5) is 0. The van der Waals surface area contributed by atoms with Crippen molar-refractivity contribution in [3.05, 3.63) is 88.9 Å². The smallest absolute Gasteiger partial charge is 0.133 e. The third-order valence-electron chi connectivity index (χ3n) is 4.32. The van der Waals surface area contributed by atoms with Crippen molar-refractivity contribution in [2.75, 3.05) is 6.54 Å². The van der Waals surface area contributed by atoms with E-state index in [1.807, 2.05) is 0 Å². The highest BCUT2D eigenvalue weighted by Gasteiger charge is 2.20. The van der Waals surface area contributed by atoms with Gasteiger partial charge in [-0.3, -0.25) is 0 Å². The molecular weight excluding hydrogens is 339 g/mol. The molecule has 0 atom stereocenters. The fourth-order valence-corrected chi connectivity index (χ4v) is 3.11. The number of benzene rings is 2. The second-order valence-corrected chi connectivity index (χ2v) is 5.97. The highest BCUT2D eigenvalue weighted by Crippen LogP contribution is 2.34. The lowest BCUT2D eigenvalue weighted by molar-refractivity contribution is 0.597. The standard InChI is InChI=1S/C20H14F3N3/c21-13-3-4-18(22)16(9-13)14-5-7-24-11-12-8-17(19(23)10-15(12)14)20-2-1-6-25-26-20/h1-6,8-10,24H,7,11H2. The molecule has 6 heteroatoms. The van der Waals surface area contributed by atoms with Crippen LogP contribution in [-0.4, -0.2) is 16.7 Å². The van der Waals surface area contributed by atoms with Crippen LogP contribution in [0.2, 0.25) is 0 Å². The van der Waals surface area contributed by atoms with E-state index in [1.165, 1.54) is 12.3 Å². The van der Waals surface area contributed by atoms with Crippen LogP contribution in [-0.2, 0) is 6.54 Å². The first-order valence-corrected chi connectivity index (χ1v) is 8.10. The van der Waals surface area contributed by atoms with E-state index in [4.69, 9.17) is 0 Å². The molecule has 26 heavy (non-hydrogen) atoms. The number of nitrogens with zero attached hydrogens (tertiary/aromatic N) is 2. The van der Waals surface area contributed by atoms with Gasteiger partial charge in [0.05, 0.1) is 5.69 Å². The Hall–Kier alpha value is -2.99. The van der Waals surface area contributed by atoms with E-state index in [2.05, 4.69) is 15.5 Å². The summed E-state index contributed by atoms with van der Waals surface area (Å²) in [5.74, 6) is -1.59. The SMILES string of the molecule is Fc1ccc(F)c(C2=CCNCc3cc(-c4cccnn4)c(F)cc32)c1. The Bertz CT molecular complexity index is 1000. The maximum atomic E-state index is 14.8. The zero-order valence-corrected chi connectivity index (χ0v) is 13.6. The molecule has 0 amide bonds. The van der Waals surface area contributed by atoms with E-state index >= 15 is 0 Å². The van der Waals surface area contributed by atoms with Gasteiger partial charge in [-0.2, -0.15) is 10.2 Å². The predicted octanol–water partition coefficient (Wildman–Crippen LogP) is 4.10. The fraction of sp³-hybridized carbons (Fsp3) is 0.100. The van der Waals surface area contributed by atoms with Gasteiger partial charge in [0.2, 0.25) is 0 Å². The Labute approximate surface area is 148 Å². The highest BCUT2D eigenvalue weighted by atomic mass is 19.1. The Morgan fingerprint density at radius 2 is 1.77 bits per heavy atom. The van der Waals surface area contributed by atoms with Gasteiger partial charge >= 0.3 is 0 Å². The van der Waals surface area contributed by atoms with E-state index in [9.17, 15) is 13.2 Å². The van der Waals surface area contributed by atoms with Crippen molar-refractivity contribution in [2.24, 2.45) is 0 Å². The van der Waals surface area contributed by atoms with Gasteiger partial charge in [-0.25, -0.2) is 13.2 Å². The van der Waals surface area contributed by atoms with Crippen LogP contribution < -0.4 is 5.32 Å². The number of rotatable bonds is 2. The van der Waals surface area contributed by atoms with Crippen molar-refractivity contribution < 1.29 is 13.2 Å². The minimum Gasteiger partial charge on any atom is -0.309 e. The maximum absolute atomic E-state index is 14.8. The molecule has 1 aliphatic heterocycles. The van der Waals surface area contributed by atoms with Crippen LogP contribution in [0.3, 0.4) is 0 Å². The van der Waals surface area contributed by atoms with E-state index in [0.29, 0.717) is 35.5 Å². The van der Waals surface area contributed by atoms with Crippen LogP contribution in [0.5, 0.6) is 0 Å². The van der Waals surface area contributed by atoms with Crippen LogP contribution in [0.1, 0.15) is 16.7 Å². The average Bonchev–Trinajstić information content (AvgIpc) is 2.86. The number of hydrogen-bond acceptors (Lipinski definition) is 3. The fourth-order valence-electron chi connectivity index (χ4n) is 3.11. The summed E-state index contributed by atoms with van der Waals surface area (Å²) in [6, 6.07) is 9.65. The van der Waals surface area contributed by atoms with Crippen molar-refractivity contribution in [2.45, 2.75) is 6.54 Å². The molecule has 0 unspecified atom stereocenters. The lowest BCUT2D eigenvalue weighted by atomic mass is 9.91. The topological polar surface area (TPSA) is 37.8 Å². The molecule has 0 fully saturated rings. The van der Waals surface area contributed by atoms with E-state index in [-0.39, 0.29) is 5.56 Å². The molecule has 3 aromatic rings. The van der Waals surface area contributed by atoms with Gasteiger partial charge in [0.15, 0.2) is 0 Å². The van der Waals surface area contributed by atoms with E-state index in [0.717, 1.165) is 23.8 Å². The van der Waals surface area contributed by atoms with Gasteiger partial charge < -0.3 is 5.32 Å². The van der Waals surface area contributed by atoms with Crippen molar-refractivity contribution in [1.82, 2.24) is 15.5 Å². The summed E-state index contributed by atoms with van der Waals surface area (Å²) in [5, 5.41) is 10.9. The monoisotopic (exact) mass is 353 g/mol. The number of fused-ring (bicyclic) bond motifs is 1. The Kier molecular flexibility index (Phi) is 4.26. The Balaban J connectivity index is 1.89. The van der Waals surface area contributed by atoms with E-state index < -0.39 is 17.5 Å². The predicted molar refractivity (Wildman–Crippen MR) is 92.6 cm³/mol. The first kappa shape index (κ1) is 16.5. The first-order valence-electron chi connectivity index (χ1n) is 8.10. The molecule has 0 saturated carbocycles. The molecule has 130 valence electrons. The third kappa shape index (κ3) is 2.99. The van der Waals surface area contributed by atoms with Gasteiger partial charge in [0, 0.05) is 30.4 Å². The molecule has 2 aromatic carbocycles. The van der Waals surface area contributed by atoms with Gasteiger partial charge in [-0.15, -0.1) is 0 Å². The average molecular weight is 353 g/mol. The summed E-state index contributed by atoms with van der Waals surface area (Å²) in [6.07, 6.45) is 3.26. The largest absolute Gasteiger partial charge is 0.309 e. The number of aromatic nitrogens is 2. The quantitative estimate of drug-likeness (QED) is 0.754. The molecule has 2 heterocycles. The molecule has 0 aliphatic carbocycles. The van der Waals surface area contributed by atoms with Crippen molar-refractivity contribution >= 4 is 5.57 Å². The number of halogens is 3. The molecule has 0 saturated heterocycles. The molecule has 3 nitrogen and oxygen atoms in total. The summed E-state index contributed by atoms with van der Waals surface area (Å²) in [6.45, 7) is 0.932. The van der Waals surface area contributed by atoms with Crippen LogP contribution >= 0.6 is 0 Å². The zero-order chi connectivity index (χ0) is 18.1. The van der Waals surface area contributed by atoms with E-state index in [1.54, 1.807) is 24.3 Å². The summed E-state index contributed by atoms with van der Waals surface area (Å²) < 4.78 is 42.7. The molecule has 0 radical (unpaired) electrons. The lowest BCUT2D eigenvalue weighted by Gasteiger charge is -2.14. The van der Waals surface area contributed by atoms with Crippen molar-refractivity contribution in [1.29, 1.82) is 0 Å². The maximum Gasteiger partial charge on any atom is 0.133 e. The van der Waals surface area contributed by atoms with Gasteiger partial charge in [-0.05, 0) is 59.2 Å². The molecule has 0 bridgehead atoms. The molecule has 1 aliphatic rings. The number of nitrogens with one attached hydrogen (secondary N) is 1. The van der Waals surface area contributed by atoms with Crippen LogP contribution in [0.15, 0.2) is 54.7 Å². The highest BCUT2D eigenvalue weighted by molar-refractivity contribution is 5.83. The minimum atomic E-state index is -0.552. The first-order chi connectivity index (χ1) is 12.6. The zero-order valence-electron chi connectivity index (χ0n) is 13.6. The Morgan fingerprint density at radius 1 is 0.885 bits per heavy atom. The molecule has 4 rings (SSSR count). The Morgan fingerprint density at radius 3 is 2.58 bits per heavy atom. The lowest BCUT2D eigenvalue weighted by Crippen LogP contribution is -2.11. The van der Waals surface area contributed by atoms with Gasteiger partial charge in [0.25, 0.3) is 0 Å². The summed E-state index contributed by atoms with van der Waals surface area (Å²) in [7, 11) is 0. The van der Waals surface area contributed by atoms with Crippen molar-refractivity contribution in [3.63, 3.8) is 0 Å². The van der Waals surface area contributed by atoms with Gasteiger partial charge in [0.1, 0.15) is 17.5 Å². The third-order valence-corrected chi connectivity index (χ3v) is 4.32. The van der Waals surface area contributed by atoms with Crippen LogP contribution in [0, 0.1) is 17.5 Å². The summed E-state index contributed by atoms with van der Waals surface area (Å²) >= 11 is 0. The number of hydrogen-bond donors (Lipinski definition) is 1. The molecule has 1 N–H and O–H groups in total. The molecule has 0 spiro atoms. The second kappa shape index (κ2) is 6.72.